The number of aliphatic carboxylic acids is 1. The van der Waals surface area contributed by atoms with Crippen LogP contribution < -0.4 is 11.5 Å². The molecule has 12 atom stereocenters. The van der Waals surface area contributed by atoms with Gasteiger partial charge in [-0.25, -0.2) is 0 Å². The van der Waals surface area contributed by atoms with Gasteiger partial charge in [-0.05, 0) is 97.2 Å². The van der Waals surface area contributed by atoms with Crippen LogP contribution in [0.3, 0.4) is 0 Å². The highest BCUT2D eigenvalue weighted by Gasteiger charge is 2.70. The number of aliphatic hydroxyl groups excluding tert-OH is 3. The molecule has 4 saturated carbocycles. The number of nitrogens with zero attached hydrogens (tertiary/aromatic N) is 2. The van der Waals surface area contributed by atoms with E-state index in [1.54, 1.807) is 14.1 Å². The molecular formula is C34H59N5O5. The van der Waals surface area contributed by atoms with E-state index in [0.717, 1.165) is 44.9 Å². The molecule has 0 saturated heterocycles. The molecule has 250 valence electrons. The van der Waals surface area contributed by atoms with Gasteiger partial charge in [-0.15, -0.1) is 0 Å². The van der Waals surface area contributed by atoms with Crippen molar-refractivity contribution in [2.75, 3.05) is 20.7 Å². The Labute approximate surface area is 263 Å². The highest BCUT2D eigenvalue weighted by molar-refractivity contribution is 5.91. The molecule has 0 aromatic heterocycles. The van der Waals surface area contributed by atoms with Crippen molar-refractivity contribution < 1.29 is 25.2 Å². The van der Waals surface area contributed by atoms with Gasteiger partial charge in [0.1, 0.15) is 0 Å². The molecule has 0 amide bonds. The molecule has 0 radical (unpaired) electrons. The molecule has 5 rings (SSSR count). The van der Waals surface area contributed by atoms with Crippen molar-refractivity contribution in [2.24, 2.45) is 73.1 Å². The first-order chi connectivity index (χ1) is 20.3. The maximum Gasteiger partial charge on any atom is 0.310 e. The number of carboxylic acids is 1. The second-order valence-corrected chi connectivity index (χ2v) is 16.2. The zero-order chi connectivity index (χ0) is 33.2. The highest BCUT2D eigenvalue weighted by Crippen LogP contribution is 2.75. The number of carboxylic acid groups (broad SMARTS) is 1. The molecule has 0 heterocycles. The van der Waals surface area contributed by atoms with Gasteiger partial charge in [-0.2, -0.15) is 4.99 Å². The molecule has 0 unspecified atom stereocenters. The number of nitrogens with one attached hydrogen (secondary N) is 1. The minimum Gasteiger partial charge on any atom is -0.481 e. The maximum atomic E-state index is 12.8. The lowest BCUT2D eigenvalue weighted by atomic mass is 9.33. The van der Waals surface area contributed by atoms with Gasteiger partial charge < -0.3 is 36.8 Å². The van der Waals surface area contributed by atoms with E-state index in [1.165, 1.54) is 10.5 Å². The Morgan fingerprint density at radius 2 is 1.68 bits per heavy atom. The summed E-state index contributed by atoms with van der Waals surface area (Å²) in [6.45, 7) is 13.6. The van der Waals surface area contributed by atoms with Gasteiger partial charge >= 0.3 is 5.97 Å². The van der Waals surface area contributed by atoms with Gasteiger partial charge in [-0.3, -0.25) is 10.2 Å². The zero-order valence-electron chi connectivity index (χ0n) is 28.2. The lowest BCUT2D eigenvalue weighted by Crippen LogP contribution is -2.68. The largest absolute Gasteiger partial charge is 0.481 e. The van der Waals surface area contributed by atoms with Crippen LogP contribution in [0.15, 0.2) is 16.6 Å². The van der Waals surface area contributed by atoms with Crippen LogP contribution in [-0.2, 0) is 4.79 Å². The summed E-state index contributed by atoms with van der Waals surface area (Å²) in [5, 5.41) is 49.9. The molecule has 0 aromatic carbocycles. The van der Waals surface area contributed by atoms with Crippen molar-refractivity contribution in [1.82, 2.24) is 4.90 Å². The third-order valence-electron chi connectivity index (χ3n) is 14.2. The van der Waals surface area contributed by atoms with Crippen molar-refractivity contribution in [2.45, 2.75) is 105 Å². The number of allylic oxidation sites excluding steroid dienone is 2. The monoisotopic (exact) mass is 617 g/mol. The lowest BCUT2D eigenvalue weighted by Gasteiger charge is -2.71. The van der Waals surface area contributed by atoms with Crippen LogP contribution in [0.5, 0.6) is 0 Å². The third-order valence-corrected chi connectivity index (χ3v) is 14.2. The first kappa shape index (κ1) is 34.7. The summed E-state index contributed by atoms with van der Waals surface area (Å²) in [7, 11) is 3.38. The van der Waals surface area contributed by atoms with Gasteiger partial charge in [0.25, 0.3) is 0 Å². The predicted molar refractivity (Wildman–Crippen MR) is 173 cm³/mol. The van der Waals surface area contributed by atoms with Crippen LogP contribution in [0.2, 0.25) is 0 Å². The highest BCUT2D eigenvalue weighted by atomic mass is 16.4. The van der Waals surface area contributed by atoms with Gasteiger partial charge in [0.2, 0.25) is 5.96 Å². The number of nitrogens with two attached hydrogens (primary N) is 2. The fraction of sp³-hybridized carbons (Fsp3) is 0.853. The summed E-state index contributed by atoms with van der Waals surface area (Å²) in [6, 6.07) is 0. The average molecular weight is 618 g/mol. The molecule has 0 spiro atoms. The molecule has 0 aromatic rings. The normalized spacial score (nSPS) is 47.6. The van der Waals surface area contributed by atoms with Gasteiger partial charge in [0, 0.05) is 19.5 Å². The summed E-state index contributed by atoms with van der Waals surface area (Å²) in [5.74, 6) is 0.789. The number of guanidine groups is 2. The SMILES string of the molecule is CN(C)C(=N)N=C(N)N.C[C@H]1[C@H](C)CC[C@]2(C(=O)O)CC[C@]3(C)C(=CC[C@@H]4[C@@]5(C)C[C@@H](O)[C@H](O)[C@@](C)(CO)[C@@H]5CC[C@]43C)[C@H]12. The summed E-state index contributed by atoms with van der Waals surface area (Å²) in [6.07, 6.45) is 7.51. The van der Waals surface area contributed by atoms with Gasteiger partial charge in [-0.1, -0.05) is 53.2 Å². The number of hydrogen-bond acceptors (Lipinski definition) is 5. The third kappa shape index (κ3) is 4.89. The Hall–Kier alpha value is -2.17. The lowest BCUT2D eigenvalue weighted by molar-refractivity contribution is -0.244. The standard InChI is InChI=1S/C30H48O5.C4H11N5/c1-17-9-12-30(25(34)35)14-13-28(5)19(23(30)18(17)2)7-8-22-26(3)15-20(32)24(33)27(4,16-31)21(26)10-11-29(22,28)6;1-9(2)4(7)8-3(5)6/h7,17-18,20-24,31-33H,8-16H2,1-6H3,(H,34,35);1-2H3,(H5,5,6,7,8)/t17-,18+,20-,21-,22-,23+,24+,26+,27+,28-,29-,30+;/m1./s1. The minimum atomic E-state index is -0.907. The van der Waals surface area contributed by atoms with Crippen LogP contribution in [0.4, 0.5) is 0 Å². The molecule has 10 nitrogen and oxygen atoms in total. The smallest absolute Gasteiger partial charge is 0.310 e. The topological polar surface area (TPSA) is 189 Å². The van der Waals surface area contributed by atoms with Crippen LogP contribution in [0, 0.1) is 62.1 Å². The van der Waals surface area contributed by atoms with Crippen LogP contribution in [0.1, 0.15) is 92.9 Å². The molecule has 5 aliphatic rings. The summed E-state index contributed by atoms with van der Waals surface area (Å²) in [4.78, 5) is 17.8. The molecule has 9 N–H and O–H groups in total. The van der Waals surface area contributed by atoms with Gasteiger partial charge in [0.15, 0.2) is 5.96 Å². The van der Waals surface area contributed by atoms with Crippen molar-refractivity contribution >= 4 is 17.9 Å². The van der Waals surface area contributed by atoms with E-state index in [4.69, 9.17) is 16.9 Å². The van der Waals surface area contributed by atoms with Gasteiger partial charge in [0.05, 0.1) is 24.2 Å². The van der Waals surface area contributed by atoms with Crippen LogP contribution in [-0.4, -0.2) is 76.1 Å². The summed E-state index contributed by atoms with van der Waals surface area (Å²) < 4.78 is 0. The van der Waals surface area contributed by atoms with Crippen LogP contribution in [0.25, 0.3) is 0 Å². The number of fused-ring (bicyclic) bond motifs is 7. The number of aliphatic imine (C=N–C) groups is 1. The number of aliphatic hydroxyl groups is 3. The quantitative estimate of drug-likeness (QED) is 0.138. The number of hydrogen-bond donors (Lipinski definition) is 7. The molecular weight excluding hydrogens is 558 g/mol. The second-order valence-electron chi connectivity index (χ2n) is 16.2. The van der Waals surface area contributed by atoms with E-state index in [0.29, 0.717) is 24.2 Å². The van der Waals surface area contributed by atoms with Crippen molar-refractivity contribution in [3.05, 3.63) is 11.6 Å². The summed E-state index contributed by atoms with van der Waals surface area (Å²) >= 11 is 0. The Bertz CT molecular complexity index is 1200. The fourth-order valence-electron chi connectivity index (χ4n) is 11.2. The fourth-order valence-corrected chi connectivity index (χ4v) is 11.2. The first-order valence-electron chi connectivity index (χ1n) is 16.5. The van der Waals surface area contributed by atoms with E-state index in [2.05, 4.69) is 45.7 Å². The predicted octanol–water partition coefficient (Wildman–Crippen LogP) is 3.79. The molecule has 0 aliphatic heterocycles. The van der Waals surface area contributed by atoms with E-state index in [1.807, 2.05) is 6.92 Å². The Balaban J connectivity index is 0.000000429. The molecule has 0 bridgehead atoms. The van der Waals surface area contributed by atoms with Crippen molar-refractivity contribution in [1.29, 1.82) is 5.41 Å². The van der Waals surface area contributed by atoms with Crippen molar-refractivity contribution in [3.63, 3.8) is 0 Å². The Kier molecular flexibility index (Phi) is 9.12. The van der Waals surface area contributed by atoms with E-state index in [9.17, 15) is 25.2 Å². The number of rotatable bonds is 2. The van der Waals surface area contributed by atoms with Crippen LogP contribution >= 0.6 is 0 Å². The first-order valence-corrected chi connectivity index (χ1v) is 16.5. The van der Waals surface area contributed by atoms with E-state index >= 15 is 0 Å². The Morgan fingerprint density at radius 1 is 1.05 bits per heavy atom. The molecule has 5 aliphatic carbocycles. The molecule has 4 fully saturated rings. The van der Waals surface area contributed by atoms with Crippen molar-refractivity contribution in [3.8, 4) is 0 Å². The number of carbonyl (C=O) groups is 1. The van der Waals surface area contributed by atoms with E-state index in [-0.39, 0.29) is 46.6 Å². The van der Waals surface area contributed by atoms with E-state index < -0.39 is 29.0 Å². The molecule has 10 heteroatoms. The average Bonchev–Trinajstić information content (AvgIpc) is 2.93. The maximum absolute atomic E-state index is 12.8. The second kappa shape index (κ2) is 11.6. The Morgan fingerprint density at radius 3 is 2.20 bits per heavy atom. The zero-order valence-corrected chi connectivity index (χ0v) is 28.2. The molecule has 44 heavy (non-hydrogen) atoms. The summed E-state index contributed by atoms with van der Waals surface area (Å²) in [5.41, 5.74) is 9.77. The minimum absolute atomic E-state index is 0.00815.